The summed E-state index contributed by atoms with van der Waals surface area (Å²) >= 11 is 0. The molecule has 0 atom stereocenters. The number of nitrogens with zero attached hydrogens (tertiary/aromatic N) is 5. The highest BCUT2D eigenvalue weighted by molar-refractivity contribution is 5.90. The van der Waals surface area contributed by atoms with Crippen LogP contribution in [0, 0.1) is 20.8 Å². The molecule has 1 N–H and O–H groups in total. The molecule has 5 rings (SSSR count). The van der Waals surface area contributed by atoms with Gasteiger partial charge in [0, 0.05) is 36.9 Å². The van der Waals surface area contributed by atoms with Gasteiger partial charge in [-0.3, -0.25) is 0 Å². The lowest BCUT2D eigenvalue weighted by molar-refractivity contribution is -0.0170. The smallest absolute Gasteiger partial charge is 0.227 e. The summed E-state index contributed by atoms with van der Waals surface area (Å²) in [5.41, 5.74) is 4.03. The average Bonchev–Trinajstić information content (AvgIpc) is 3.14. The van der Waals surface area contributed by atoms with Gasteiger partial charge >= 0.3 is 0 Å². The van der Waals surface area contributed by atoms with E-state index in [0.717, 1.165) is 58.2 Å². The van der Waals surface area contributed by atoms with E-state index in [2.05, 4.69) is 27.1 Å². The molecule has 0 radical (unpaired) electrons. The molecule has 0 spiro atoms. The van der Waals surface area contributed by atoms with Crippen LogP contribution < -0.4 is 15.0 Å². The van der Waals surface area contributed by atoms with Crippen LogP contribution in [0.25, 0.3) is 22.2 Å². The quantitative estimate of drug-likeness (QED) is 0.443. The van der Waals surface area contributed by atoms with Gasteiger partial charge in [-0.25, -0.2) is 19.9 Å². The second-order valence-electron chi connectivity index (χ2n) is 8.92. The molecule has 34 heavy (non-hydrogen) atoms. The highest BCUT2D eigenvalue weighted by Crippen LogP contribution is 2.36. The van der Waals surface area contributed by atoms with Gasteiger partial charge in [-0.15, -0.1) is 0 Å². The summed E-state index contributed by atoms with van der Waals surface area (Å²) in [7, 11) is 3.37. The molecular weight excluding hydrogens is 432 g/mol. The topological polar surface area (TPSA) is 98.4 Å². The number of pyridine rings is 1. The van der Waals surface area contributed by atoms with Crippen LogP contribution in [0.5, 0.6) is 5.75 Å². The minimum absolute atomic E-state index is 0.165. The molecule has 9 nitrogen and oxygen atoms in total. The maximum atomic E-state index is 5.76. The fraction of sp³-hybridized carbons (Fsp3) is 0.360. The largest absolute Gasteiger partial charge is 0.495 e. The van der Waals surface area contributed by atoms with Gasteiger partial charge in [-0.2, -0.15) is 0 Å². The van der Waals surface area contributed by atoms with Crippen molar-refractivity contribution in [1.82, 2.24) is 19.9 Å². The highest BCUT2D eigenvalue weighted by Gasteiger charge is 2.40. The number of aryl methyl sites for hydroxylation is 3. The summed E-state index contributed by atoms with van der Waals surface area (Å²) in [6.07, 6.45) is 1.82. The summed E-state index contributed by atoms with van der Waals surface area (Å²) in [4.78, 5) is 20.7. The molecular formula is C25H28N6O3. The zero-order valence-electron chi connectivity index (χ0n) is 20.3. The average molecular weight is 461 g/mol. The molecule has 0 saturated carbocycles. The van der Waals surface area contributed by atoms with Gasteiger partial charge < -0.3 is 24.1 Å². The molecule has 3 aromatic heterocycles. The fourth-order valence-corrected chi connectivity index (χ4v) is 4.33. The molecule has 1 aliphatic rings. The lowest BCUT2D eigenvalue weighted by Crippen LogP contribution is -2.61. The second-order valence-corrected chi connectivity index (χ2v) is 8.92. The number of ether oxygens (including phenoxy) is 2. The van der Waals surface area contributed by atoms with E-state index in [1.54, 1.807) is 14.2 Å². The van der Waals surface area contributed by atoms with Crippen molar-refractivity contribution in [3.8, 4) is 17.1 Å². The Morgan fingerprint density at radius 3 is 2.53 bits per heavy atom. The van der Waals surface area contributed by atoms with Gasteiger partial charge in [0.2, 0.25) is 5.95 Å². The number of nitrogens with one attached hydrogen (secondary N) is 1. The zero-order valence-corrected chi connectivity index (χ0v) is 20.3. The minimum Gasteiger partial charge on any atom is -0.495 e. The molecule has 1 aliphatic heterocycles. The van der Waals surface area contributed by atoms with Crippen molar-refractivity contribution in [3.05, 3.63) is 47.7 Å². The number of anilines is 3. The first-order chi connectivity index (χ1) is 16.3. The predicted molar refractivity (Wildman–Crippen MR) is 131 cm³/mol. The van der Waals surface area contributed by atoms with E-state index >= 15 is 0 Å². The van der Waals surface area contributed by atoms with Crippen molar-refractivity contribution in [2.24, 2.45) is 0 Å². The molecule has 176 valence electrons. The van der Waals surface area contributed by atoms with E-state index in [1.165, 1.54) is 0 Å². The molecule has 1 fully saturated rings. The number of fused-ring (bicyclic) bond motifs is 1. The van der Waals surface area contributed by atoms with Crippen LogP contribution in [0.15, 0.2) is 34.9 Å². The lowest BCUT2D eigenvalue weighted by atomic mass is 9.96. The van der Waals surface area contributed by atoms with Gasteiger partial charge in [-0.1, -0.05) is 0 Å². The molecule has 4 aromatic rings. The Kier molecular flexibility index (Phi) is 5.36. The molecule has 0 bridgehead atoms. The second kappa shape index (κ2) is 8.25. The van der Waals surface area contributed by atoms with Crippen molar-refractivity contribution >= 4 is 28.4 Å². The van der Waals surface area contributed by atoms with Crippen LogP contribution in [0.1, 0.15) is 24.2 Å². The van der Waals surface area contributed by atoms with Crippen LogP contribution in [-0.4, -0.2) is 52.8 Å². The standard InChI is InChI=1S/C25H28N6O3/c1-14-9-18-11-26-24(30-21(18)23(27-14)31-12-25(4,13-31)33-6)29-19-8-7-17(10-20(19)32-5)22-15(2)28-16(3)34-22/h7-11H,12-13H2,1-6H3,(H,26,29,30). The van der Waals surface area contributed by atoms with Gasteiger partial charge in [0.05, 0.1) is 37.2 Å². The van der Waals surface area contributed by atoms with Crippen LogP contribution in [0.4, 0.5) is 17.5 Å². The van der Waals surface area contributed by atoms with E-state index in [4.69, 9.17) is 23.9 Å². The van der Waals surface area contributed by atoms with Crippen molar-refractivity contribution in [3.63, 3.8) is 0 Å². The van der Waals surface area contributed by atoms with E-state index in [9.17, 15) is 0 Å². The molecule has 0 aliphatic carbocycles. The van der Waals surface area contributed by atoms with Crippen LogP contribution in [-0.2, 0) is 4.74 Å². The minimum atomic E-state index is -0.165. The number of rotatable bonds is 6. The van der Waals surface area contributed by atoms with Crippen LogP contribution in [0.3, 0.4) is 0 Å². The Morgan fingerprint density at radius 1 is 1.06 bits per heavy atom. The SMILES string of the molecule is COc1cc(-c2oc(C)nc2C)ccc1Nc1ncc2cc(C)nc(N3CC(C)(OC)C3)c2n1. The Hall–Kier alpha value is -3.72. The Bertz CT molecular complexity index is 1380. The van der Waals surface area contributed by atoms with Crippen molar-refractivity contribution < 1.29 is 13.9 Å². The van der Waals surface area contributed by atoms with E-state index in [-0.39, 0.29) is 5.60 Å². The number of benzene rings is 1. The van der Waals surface area contributed by atoms with E-state index < -0.39 is 0 Å². The third kappa shape index (κ3) is 3.92. The third-order valence-electron chi connectivity index (χ3n) is 6.13. The molecule has 0 unspecified atom stereocenters. The van der Waals surface area contributed by atoms with E-state index in [0.29, 0.717) is 17.6 Å². The molecule has 4 heterocycles. The molecule has 9 heteroatoms. The molecule has 0 amide bonds. The van der Waals surface area contributed by atoms with E-state index in [1.807, 2.05) is 51.2 Å². The summed E-state index contributed by atoms with van der Waals surface area (Å²) in [6.45, 7) is 9.36. The maximum absolute atomic E-state index is 5.76. The predicted octanol–water partition coefficient (Wildman–Crippen LogP) is 4.58. The van der Waals surface area contributed by atoms with Crippen LogP contribution >= 0.6 is 0 Å². The normalized spacial score (nSPS) is 14.8. The van der Waals surface area contributed by atoms with Crippen molar-refractivity contribution in [1.29, 1.82) is 0 Å². The maximum Gasteiger partial charge on any atom is 0.227 e. The molecule has 1 saturated heterocycles. The number of hydrogen-bond donors (Lipinski definition) is 1. The van der Waals surface area contributed by atoms with Crippen molar-refractivity contribution in [2.75, 3.05) is 37.5 Å². The number of aromatic nitrogens is 4. The Labute approximate surface area is 198 Å². The Morgan fingerprint density at radius 2 is 1.85 bits per heavy atom. The Balaban J connectivity index is 1.48. The first-order valence-corrected chi connectivity index (χ1v) is 11.1. The monoisotopic (exact) mass is 460 g/mol. The van der Waals surface area contributed by atoms with Crippen molar-refractivity contribution in [2.45, 2.75) is 33.3 Å². The van der Waals surface area contributed by atoms with Gasteiger partial charge in [0.15, 0.2) is 17.5 Å². The third-order valence-corrected chi connectivity index (χ3v) is 6.13. The van der Waals surface area contributed by atoms with Gasteiger partial charge in [0.1, 0.15) is 11.3 Å². The van der Waals surface area contributed by atoms with Gasteiger partial charge in [-0.05, 0) is 45.0 Å². The molecule has 1 aromatic carbocycles. The number of methoxy groups -OCH3 is 2. The van der Waals surface area contributed by atoms with Gasteiger partial charge in [0.25, 0.3) is 0 Å². The summed E-state index contributed by atoms with van der Waals surface area (Å²) in [5, 5.41) is 4.24. The zero-order chi connectivity index (χ0) is 24.0. The number of hydrogen-bond acceptors (Lipinski definition) is 9. The lowest BCUT2D eigenvalue weighted by Gasteiger charge is -2.47. The van der Waals surface area contributed by atoms with Crippen LogP contribution in [0.2, 0.25) is 0 Å². The summed E-state index contributed by atoms with van der Waals surface area (Å²) < 4.78 is 17.0. The fourth-order valence-electron chi connectivity index (χ4n) is 4.33. The first kappa shape index (κ1) is 22.1. The summed E-state index contributed by atoms with van der Waals surface area (Å²) in [5.74, 6) is 3.31. The highest BCUT2D eigenvalue weighted by atomic mass is 16.5. The number of oxazole rings is 1. The summed E-state index contributed by atoms with van der Waals surface area (Å²) in [6, 6.07) is 7.79. The first-order valence-electron chi connectivity index (χ1n) is 11.1.